The van der Waals surface area contributed by atoms with E-state index in [1.165, 1.54) is 24.0 Å². The summed E-state index contributed by atoms with van der Waals surface area (Å²) in [7, 11) is 1.33. The van der Waals surface area contributed by atoms with E-state index in [0.717, 1.165) is 19.6 Å². The van der Waals surface area contributed by atoms with E-state index in [-0.39, 0.29) is 6.03 Å². The van der Waals surface area contributed by atoms with Gasteiger partial charge < -0.3 is 15.0 Å². The highest BCUT2D eigenvalue weighted by Gasteiger charge is 2.22. The summed E-state index contributed by atoms with van der Waals surface area (Å²) in [6.07, 6.45) is 4.27. The van der Waals surface area contributed by atoms with Gasteiger partial charge in [0.2, 0.25) is 0 Å². The van der Waals surface area contributed by atoms with Gasteiger partial charge in [-0.25, -0.2) is 9.59 Å². The van der Waals surface area contributed by atoms with Gasteiger partial charge in [0.1, 0.15) is 4.88 Å². The molecule has 3 rings (SSSR count). The molecule has 6 nitrogen and oxygen atoms in total. The Kier molecular flexibility index (Phi) is 6.62. The maximum atomic E-state index is 12.5. The molecule has 0 radical (unpaired) electrons. The van der Waals surface area contributed by atoms with Crippen LogP contribution in [0.4, 0.5) is 10.5 Å². The summed E-state index contributed by atoms with van der Waals surface area (Å²) in [6.45, 7) is 3.81. The summed E-state index contributed by atoms with van der Waals surface area (Å²) in [5, 5.41) is 4.58. The molecule has 2 aromatic rings. The summed E-state index contributed by atoms with van der Waals surface area (Å²) >= 11 is 1.25. The van der Waals surface area contributed by atoms with Crippen molar-refractivity contribution >= 4 is 35.1 Å². The molecule has 0 atom stereocenters. The molecule has 1 fully saturated rings. The predicted molar refractivity (Wildman–Crippen MR) is 108 cm³/mol. The van der Waals surface area contributed by atoms with Gasteiger partial charge in [0.15, 0.2) is 0 Å². The molecule has 0 saturated carbocycles. The molecule has 2 amide bonds. The van der Waals surface area contributed by atoms with E-state index >= 15 is 0 Å². The van der Waals surface area contributed by atoms with Crippen molar-refractivity contribution in [1.82, 2.24) is 9.80 Å². The van der Waals surface area contributed by atoms with E-state index in [1.54, 1.807) is 16.3 Å². The van der Waals surface area contributed by atoms with Gasteiger partial charge in [0.25, 0.3) is 0 Å². The number of esters is 1. The lowest BCUT2D eigenvalue weighted by Crippen LogP contribution is -2.50. The SMILES string of the molecule is COC(=O)c1sccc1NC(=O)N1CCN(CC=Cc2ccccc2)CC1. The number of rotatable bonds is 5. The fourth-order valence-electron chi connectivity index (χ4n) is 2.89. The van der Waals surface area contributed by atoms with Gasteiger partial charge in [-0.2, -0.15) is 0 Å². The topological polar surface area (TPSA) is 61.9 Å². The molecule has 142 valence electrons. The molecule has 1 saturated heterocycles. The molecular formula is C20H23N3O3S. The van der Waals surface area contributed by atoms with Gasteiger partial charge >= 0.3 is 12.0 Å². The van der Waals surface area contributed by atoms with Gasteiger partial charge in [-0.15, -0.1) is 11.3 Å². The molecule has 2 heterocycles. The second-order valence-electron chi connectivity index (χ2n) is 6.19. The first-order valence-electron chi connectivity index (χ1n) is 8.83. The van der Waals surface area contributed by atoms with Crippen LogP contribution in [-0.2, 0) is 4.74 Å². The van der Waals surface area contributed by atoms with Crippen LogP contribution >= 0.6 is 11.3 Å². The minimum absolute atomic E-state index is 0.182. The van der Waals surface area contributed by atoms with E-state index in [2.05, 4.69) is 34.5 Å². The number of methoxy groups -OCH3 is 1. The highest BCUT2D eigenvalue weighted by molar-refractivity contribution is 7.12. The molecule has 7 heteroatoms. The third-order valence-electron chi connectivity index (χ3n) is 4.41. The largest absolute Gasteiger partial charge is 0.465 e. The minimum Gasteiger partial charge on any atom is -0.465 e. The standard InChI is InChI=1S/C20H23N3O3S/c1-26-19(24)18-17(9-15-27-18)21-20(25)23-13-11-22(12-14-23)10-5-8-16-6-3-2-4-7-16/h2-9,15H,10-14H2,1H3,(H,21,25). The first-order valence-corrected chi connectivity index (χ1v) is 9.71. The number of hydrogen-bond acceptors (Lipinski definition) is 5. The zero-order valence-corrected chi connectivity index (χ0v) is 16.1. The summed E-state index contributed by atoms with van der Waals surface area (Å²) in [5.41, 5.74) is 1.69. The number of amides is 2. The van der Waals surface area contributed by atoms with Crippen molar-refractivity contribution in [3.05, 3.63) is 58.3 Å². The van der Waals surface area contributed by atoms with Gasteiger partial charge in [0.05, 0.1) is 12.8 Å². The Hall–Kier alpha value is -2.64. The number of hydrogen-bond donors (Lipinski definition) is 1. The number of anilines is 1. The quantitative estimate of drug-likeness (QED) is 0.802. The van der Waals surface area contributed by atoms with Crippen LogP contribution in [0.3, 0.4) is 0 Å². The third-order valence-corrected chi connectivity index (χ3v) is 5.31. The Morgan fingerprint density at radius 3 is 2.59 bits per heavy atom. The van der Waals surface area contributed by atoms with E-state index in [9.17, 15) is 9.59 Å². The van der Waals surface area contributed by atoms with Crippen LogP contribution in [0.15, 0.2) is 47.9 Å². The normalized spacial score (nSPS) is 15.1. The van der Waals surface area contributed by atoms with Crippen LogP contribution in [0, 0.1) is 0 Å². The van der Waals surface area contributed by atoms with Crippen molar-refractivity contribution in [3.63, 3.8) is 0 Å². The number of urea groups is 1. The average molecular weight is 385 g/mol. The Morgan fingerprint density at radius 2 is 1.89 bits per heavy atom. The maximum absolute atomic E-state index is 12.5. The van der Waals surface area contributed by atoms with E-state index in [1.807, 2.05) is 18.2 Å². The van der Waals surface area contributed by atoms with Crippen molar-refractivity contribution in [1.29, 1.82) is 0 Å². The zero-order valence-electron chi connectivity index (χ0n) is 15.3. The highest BCUT2D eigenvalue weighted by atomic mass is 32.1. The zero-order chi connectivity index (χ0) is 19.1. The van der Waals surface area contributed by atoms with Gasteiger partial charge in [-0.1, -0.05) is 42.5 Å². The second kappa shape index (κ2) is 9.34. The molecule has 1 aromatic heterocycles. The van der Waals surface area contributed by atoms with Gasteiger partial charge in [-0.05, 0) is 17.0 Å². The van der Waals surface area contributed by atoms with Crippen molar-refractivity contribution in [2.24, 2.45) is 0 Å². The average Bonchev–Trinajstić information content (AvgIpc) is 3.17. The number of ether oxygens (including phenoxy) is 1. The van der Waals surface area contributed by atoms with Crippen LogP contribution in [0.2, 0.25) is 0 Å². The van der Waals surface area contributed by atoms with Crippen molar-refractivity contribution < 1.29 is 14.3 Å². The third kappa shape index (κ3) is 5.18. The number of thiophene rings is 1. The van der Waals surface area contributed by atoms with Crippen LogP contribution in [0.25, 0.3) is 6.08 Å². The Bertz CT molecular complexity index is 796. The highest BCUT2D eigenvalue weighted by Crippen LogP contribution is 2.23. The molecule has 1 aliphatic heterocycles. The first kappa shape index (κ1) is 19.1. The molecule has 0 bridgehead atoms. The van der Waals surface area contributed by atoms with Crippen LogP contribution in [-0.4, -0.2) is 61.6 Å². The minimum atomic E-state index is -0.435. The molecule has 1 aromatic carbocycles. The van der Waals surface area contributed by atoms with Crippen LogP contribution < -0.4 is 5.32 Å². The lowest BCUT2D eigenvalue weighted by atomic mass is 10.2. The van der Waals surface area contributed by atoms with Crippen LogP contribution in [0.1, 0.15) is 15.2 Å². The number of benzene rings is 1. The first-order chi connectivity index (χ1) is 13.2. The number of piperazine rings is 1. The lowest BCUT2D eigenvalue weighted by Gasteiger charge is -2.34. The summed E-state index contributed by atoms with van der Waals surface area (Å²) in [4.78, 5) is 28.7. The van der Waals surface area contributed by atoms with Crippen molar-refractivity contribution in [2.45, 2.75) is 0 Å². The number of nitrogens with one attached hydrogen (secondary N) is 1. The van der Waals surface area contributed by atoms with Crippen molar-refractivity contribution in [2.75, 3.05) is 45.2 Å². The summed E-state index contributed by atoms with van der Waals surface area (Å²) in [6, 6.07) is 11.7. The van der Waals surface area contributed by atoms with E-state index in [4.69, 9.17) is 4.74 Å². The molecule has 0 unspecified atom stereocenters. The van der Waals surface area contributed by atoms with E-state index in [0.29, 0.717) is 23.7 Å². The summed E-state index contributed by atoms with van der Waals surface area (Å²) in [5.74, 6) is -0.435. The molecule has 27 heavy (non-hydrogen) atoms. The number of nitrogens with zero attached hydrogens (tertiary/aromatic N) is 2. The molecule has 0 spiro atoms. The fourth-order valence-corrected chi connectivity index (χ4v) is 3.65. The Balaban J connectivity index is 1.46. The summed E-state index contributed by atoms with van der Waals surface area (Å²) < 4.78 is 4.74. The smallest absolute Gasteiger partial charge is 0.350 e. The Labute approximate surface area is 163 Å². The van der Waals surface area contributed by atoms with Gasteiger partial charge in [-0.3, -0.25) is 4.90 Å². The number of carbonyl (C=O) groups is 2. The lowest BCUT2D eigenvalue weighted by molar-refractivity contribution is 0.0607. The number of carbonyl (C=O) groups excluding carboxylic acids is 2. The molecule has 1 aliphatic rings. The molecule has 0 aliphatic carbocycles. The van der Waals surface area contributed by atoms with Gasteiger partial charge in [0, 0.05) is 32.7 Å². The predicted octanol–water partition coefficient (Wildman–Crippen LogP) is 3.40. The van der Waals surface area contributed by atoms with Crippen LogP contribution in [0.5, 0.6) is 0 Å². The maximum Gasteiger partial charge on any atom is 0.350 e. The Morgan fingerprint density at radius 1 is 1.15 bits per heavy atom. The molecular weight excluding hydrogens is 362 g/mol. The monoisotopic (exact) mass is 385 g/mol. The van der Waals surface area contributed by atoms with Crippen molar-refractivity contribution in [3.8, 4) is 0 Å². The van der Waals surface area contributed by atoms with E-state index < -0.39 is 5.97 Å². The molecule has 1 N–H and O–H groups in total. The fraction of sp³-hybridized carbons (Fsp3) is 0.300. The second-order valence-corrected chi connectivity index (χ2v) is 7.10.